The van der Waals surface area contributed by atoms with E-state index in [-0.39, 0.29) is 0 Å². The standard InChI is InChI=1S/C37H49BrN9O2P/c1-24-28(25-7-8-25)9-10-31(35(24)50(5,6)48)41-36-30(38)22-39-37(43-36)42-32-19-29(26-21-40-45(3)23-26)33(20-34(32)49-4)47-13-11-27(12-14-47)46-17-15-44(2)16-18-46/h9-10,19-23,25,27H,7-8,11-18H2,1-6H3,(H2,39,41,42,43). The molecule has 0 spiro atoms. The summed E-state index contributed by atoms with van der Waals surface area (Å²) in [4.78, 5) is 17.1. The van der Waals surface area contributed by atoms with E-state index in [2.05, 4.69) is 89.7 Å². The molecule has 4 heterocycles. The van der Waals surface area contributed by atoms with Gasteiger partial charge in [-0.05, 0) is 98.1 Å². The van der Waals surface area contributed by atoms with Crippen LogP contribution in [0.5, 0.6) is 5.75 Å². The van der Waals surface area contributed by atoms with Gasteiger partial charge >= 0.3 is 0 Å². The number of aryl methyl sites for hydroxylation is 1. The van der Waals surface area contributed by atoms with Gasteiger partial charge in [-0.1, -0.05) is 6.07 Å². The van der Waals surface area contributed by atoms with Gasteiger partial charge in [0.15, 0.2) is 0 Å². The third kappa shape index (κ3) is 7.45. The second-order valence-electron chi connectivity index (χ2n) is 14.5. The van der Waals surface area contributed by atoms with Crippen molar-refractivity contribution in [2.45, 2.75) is 44.6 Å². The topological polar surface area (TPSA) is 104 Å². The molecule has 0 unspecified atom stereocenters. The van der Waals surface area contributed by atoms with Crippen LogP contribution in [0, 0.1) is 6.92 Å². The van der Waals surface area contributed by atoms with Crippen LogP contribution in [0.1, 0.15) is 42.7 Å². The van der Waals surface area contributed by atoms with E-state index in [9.17, 15) is 4.57 Å². The highest BCUT2D eigenvalue weighted by Gasteiger charge is 2.31. The molecule has 0 bridgehead atoms. The maximum atomic E-state index is 13.6. The predicted octanol–water partition coefficient (Wildman–Crippen LogP) is 6.79. The quantitative estimate of drug-likeness (QED) is 0.168. The second-order valence-corrected chi connectivity index (χ2v) is 18.5. The summed E-state index contributed by atoms with van der Waals surface area (Å²) in [5.74, 6) is 2.28. The normalized spacial score (nSPS) is 18.0. The monoisotopic (exact) mass is 761 g/mol. The van der Waals surface area contributed by atoms with Crippen LogP contribution in [0.25, 0.3) is 11.1 Å². The zero-order chi connectivity index (χ0) is 35.2. The van der Waals surface area contributed by atoms with Gasteiger partial charge in [0.25, 0.3) is 0 Å². The Morgan fingerprint density at radius 1 is 0.940 bits per heavy atom. The van der Waals surface area contributed by atoms with Gasteiger partial charge in [-0.25, -0.2) is 4.98 Å². The second kappa shape index (κ2) is 14.3. The number of aromatic nitrogens is 4. The molecule has 11 nitrogen and oxygen atoms in total. The molecule has 50 heavy (non-hydrogen) atoms. The Balaban J connectivity index is 1.17. The number of halogens is 1. The molecule has 1 saturated carbocycles. The van der Waals surface area contributed by atoms with Gasteiger partial charge < -0.3 is 29.7 Å². The lowest BCUT2D eigenvalue weighted by Crippen LogP contribution is -2.52. The van der Waals surface area contributed by atoms with E-state index < -0.39 is 7.14 Å². The van der Waals surface area contributed by atoms with Gasteiger partial charge in [-0.3, -0.25) is 9.58 Å². The molecule has 3 fully saturated rings. The fraction of sp³-hybridized carbons (Fsp3) is 0.486. The summed E-state index contributed by atoms with van der Waals surface area (Å²) in [6.07, 6.45) is 10.4. The average molecular weight is 763 g/mol. The van der Waals surface area contributed by atoms with Crippen LogP contribution in [0.3, 0.4) is 0 Å². The fourth-order valence-electron chi connectivity index (χ4n) is 7.66. The molecule has 266 valence electrons. The Bertz CT molecular complexity index is 1910. The number of hydrogen-bond donors (Lipinski definition) is 2. The molecule has 2 aliphatic heterocycles. The van der Waals surface area contributed by atoms with Crippen LogP contribution in [0.2, 0.25) is 0 Å². The van der Waals surface area contributed by atoms with E-state index in [4.69, 9.17) is 9.72 Å². The first-order chi connectivity index (χ1) is 24.0. The Hall–Kier alpha value is -3.44. The minimum atomic E-state index is -2.59. The lowest BCUT2D eigenvalue weighted by Gasteiger charge is -2.43. The van der Waals surface area contributed by atoms with Crippen LogP contribution in [0.4, 0.5) is 28.8 Å². The van der Waals surface area contributed by atoms with Gasteiger partial charge in [0, 0.05) is 92.9 Å². The van der Waals surface area contributed by atoms with E-state index in [1.54, 1.807) is 13.3 Å². The highest BCUT2D eigenvalue weighted by atomic mass is 79.9. The smallest absolute Gasteiger partial charge is 0.229 e. The number of ether oxygens (including phenoxy) is 1. The van der Waals surface area contributed by atoms with E-state index in [1.807, 2.05) is 37.3 Å². The Morgan fingerprint density at radius 3 is 2.32 bits per heavy atom. The molecule has 2 aromatic carbocycles. The van der Waals surface area contributed by atoms with Gasteiger partial charge in [0.05, 0.1) is 29.2 Å². The van der Waals surface area contributed by atoms with Crippen molar-refractivity contribution < 1.29 is 9.30 Å². The molecule has 0 atom stereocenters. The summed E-state index contributed by atoms with van der Waals surface area (Å²) in [6.45, 7) is 12.3. The molecule has 0 radical (unpaired) electrons. The molecule has 3 aliphatic rings. The molecule has 2 aromatic heterocycles. The van der Waals surface area contributed by atoms with Crippen LogP contribution >= 0.6 is 23.1 Å². The van der Waals surface area contributed by atoms with Crippen molar-refractivity contribution in [3.05, 3.63) is 58.5 Å². The van der Waals surface area contributed by atoms with Crippen molar-refractivity contribution in [2.24, 2.45) is 7.05 Å². The molecule has 7 rings (SSSR count). The van der Waals surface area contributed by atoms with Crippen LogP contribution in [-0.2, 0) is 11.6 Å². The third-order valence-electron chi connectivity index (χ3n) is 10.5. The van der Waals surface area contributed by atoms with Crippen molar-refractivity contribution in [3.8, 4) is 16.9 Å². The molecular formula is C37H49BrN9O2P. The van der Waals surface area contributed by atoms with E-state index in [0.29, 0.717) is 33.9 Å². The number of anilines is 5. The van der Waals surface area contributed by atoms with Gasteiger partial charge in [0.2, 0.25) is 5.95 Å². The van der Waals surface area contributed by atoms with Crippen molar-refractivity contribution in [2.75, 3.05) is 82.3 Å². The number of nitrogens with one attached hydrogen (secondary N) is 2. The van der Waals surface area contributed by atoms with Crippen LogP contribution < -0.4 is 25.6 Å². The summed E-state index contributed by atoms with van der Waals surface area (Å²) in [7, 11) is 3.27. The van der Waals surface area contributed by atoms with Crippen LogP contribution in [-0.4, -0.2) is 102 Å². The molecule has 2 N–H and O–H groups in total. The Labute approximate surface area is 304 Å². The zero-order valence-electron chi connectivity index (χ0n) is 30.0. The fourth-order valence-corrected chi connectivity index (χ4v) is 9.60. The SMILES string of the molecule is COc1cc(N2CCC(N3CCN(C)CC3)CC2)c(-c2cnn(C)c2)cc1Nc1ncc(Br)c(Nc2ccc(C3CC3)c(C)c2P(C)(C)=O)n1. The van der Waals surface area contributed by atoms with Gasteiger partial charge in [-0.15, -0.1) is 0 Å². The number of hydrogen-bond acceptors (Lipinski definition) is 10. The first-order valence-corrected chi connectivity index (χ1v) is 21.0. The van der Waals surface area contributed by atoms with E-state index >= 15 is 0 Å². The van der Waals surface area contributed by atoms with Crippen LogP contribution in [0.15, 0.2) is 47.3 Å². The molecule has 4 aromatic rings. The van der Waals surface area contributed by atoms with Crippen molar-refractivity contribution in [1.29, 1.82) is 0 Å². The number of benzene rings is 2. The number of likely N-dealkylation sites (N-methyl/N-ethyl adjacent to an activating group) is 1. The van der Waals surface area contributed by atoms with E-state index in [1.165, 1.54) is 18.4 Å². The molecular weight excluding hydrogens is 713 g/mol. The first-order valence-electron chi connectivity index (χ1n) is 17.6. The predicted molar refractivity (Wildman–Crippen MR) is 208 cm³/mol. The van der Waals surface area contributed by atoms with Gasteiger partial charge in [-0.2, -0.15) is 10.1 Å². The average Bonchev–Trinajstić information content (AvgIpc) is 3.84. The molecule has 13 heteroatoms. The lowest BCUT2D eigenvalue weighted by atomic mass is 9.98. The maximum Gasteiger partial charge on any atom is 0.229 e. The van der Waals surface area contributed by atoms with Gasteiger partial charge in [0.1, 0.15) is 18.7 Å². The highest BCUT2D eigenvalue weighted by molar-refractivity contribution is 9.10. The minimum Gasteiger partial charge on any atom is -0.494 e. The third-order valence-corrected chi connectivity index (χ3v) is 12.7. The summed E-state index contributed by atoms with van der Waals surface area (Å²) in [5.41, 5.74) is 7.23. The molecule has 1 aliphatic carbocycles. The van der Waals surface area contributed by atoms with Crippen molar-refractivity contribution in [1.82, 2.24) is 29.5 Å². The molecule has 0 amide bonds. The summed E-state index contributed by atoms with van der Waals surface area (Å²) in [6, 6.07) is 9.10. The number of nitrogens with zero attached hydrogens (tertiary/aromatic N) is 7. The maximum absolute atomic E-state index is 13.6. The van der Waals surface area contributed by atoms with Crippen molar-refractivity contribution in [3.63, 3.8) is 0 Å². The summed E-state index contributed by atoms with van der Waals surface area (Å²) in [5, 5.41) is 12.3. The lowest BCUT2D eigenvalue weighted by molar-refractivity contribution is 0.0982. The summed E-state index contributed by atoms with van der Waals surface area (Å²) >= 11 is 3.64. The van der Waals surface area contributed by atoms with E-state index in [0.717, 1.165) is 91.2 Å². The number of methoxy groups -OCH3 is 1. The Morgan fingerprint density at radius 2 is 1.68 bits per heavy atom. The molecule has 2 saturated heterocycles. The largest absolute Gasteiger partial charge is 0.494 e. The highest BCUT2D eigenvalue weighted by Crippen LogP contribution is 2.47. The van der Waals surface area contributed by atoms with Crippen molar-refractivity contribution >= 4 is 57.2 Å². The zero-order valence-corrected chi connectivity index (χ0v) is 32.5. The Kier molecular flexibility index (Phi) is 10.00. The minimum absolute atomic E-state index is 0.413. The number of piperidine rings is 1. The summed E-state index contributed by atoms with van der Waals surface area (Å²) < 4.78 is 22.1. The first kappa shape index (κ1) is 35.0. The number of piperazine rings is 1. The number of rotatable bonds is 10.